The molecule has 0 bridgehead atoms. The zero-order chi connectivity index (χ0) is 21.1. The number of benzene rings is 2. The largest absolute Gasteiger partial charge is 0.442 e. The Morgan fingerprint density at radius 1 is 1.30 bits per heavy atom. The van der Waals surface area contributed by atoms with Crippen LogP contribution in [-0.2, 0) is 4.74 Å². The topological polar surface area (TPSA) is 76.5 Å². The molecule has 2 amide bonds. The first-order valence-electron chi connectivity index (χ1n) is 9.23. The Bertz CT molecular complexity index is 1060. The second kappa shape index (κ2) is 8.58. The molecule has 7 nitrogen and oxygen atoms in total. The highest BCUT2D eigenvalue weighted by atomic mass is 32.2. The van der Waals surface area contributed by atoms with Crippen LogP contribution in [0.2, 0.25) is 0 Å². The monoisotopic (exact) mass is 426 g/mol. The summed E-state index contributed by atoms with van der Waals surface area (Å²) in [6.45, 7) is 0.353. The number of carbonyl (C=O) groups is 2. The fraction of sp³-hybridized carbons (Fsp3) is 0.190. The molecule has 0 aliphatic carbocycles. The lowest BCUT2D eigenvalue weighted by Crippen LogP contribution is -2.36. The standard InChI is InChI=1S/C21H19FN4O3S/c1-30-17-5-2-14(3-6-17)18-7-4-15(10-19(18)22)26-12-16(29-21(26)28)11-24-20(27)25-9-8-23-13-25/h2-10,13,16H,11-12H2,1H3,(H,24,27). The predicted octanol–water partition coefficient (Wildman–Crippen LogP) is 3.99. The van der Waals surface area contributed by atoms with Crippen LogP contribution in [0.1, 0.15) is 0 Å². The van der Waals surface area contributed by atoms with Gasteiger partial charge in [-0.2, -0.15) is 0 Å². The normalized spacial score (nSPS) is 15.9. The Kier molecular flexibility index (Phi) is 5.71. The number of thioether (sulfide) groups is 1. The van der Waals surface area contributed by atoms with Crippen molar-refractivity contribution in [1.29, 1.82) is 0 Å². The van der Waals surface area contributed by atoms with Crippen LogP contribution in [0.4, 0.5) is 19.7 Å². The van der Waals surface area contributed by atoms with Gasteiger partial charge < -0.3 is 10.1 Å². The second-order valence-corrected chi connectivity index (χ2v) is 7.54. The van der Waals surface area contributed by atoms with E-state index in [4.69, 9.17) is 4.74 Å². The summed E-state index contributed by atoms with van der Waals surface area (Å²) < 4.78 is 21.3. The van der Waals surface area contributed by atoms with Crippen LogP contribution in [-0.4, -0.2) is 47.1 Å². The van der Waals surface area contributed by atoms with Crippen molar-refractivity contribution >= 4 is 29.6 Å². The number of imidazole rings is 1. The van der Waals surface area contributed by atoms with Gasteiger partial charge in [0.15, 0.2) is 0 Å². The first kappa shape index (κ1) is 20.0. The lowest BCUT2D eigenvalue weighted by atomic mass is 10.0. The predicted molar refractivity (Wildman–Crippen MR) is 112 cm³/mol. The van der Waals surface area contributed by atoms with Crippen LogP contribution in [0, 0.1) is 5.82 Å². The highest BCUT2D eigenvalue weighted by molar-refractivity contribution is 7.98. The summed E-state index contributed by atoms with van der Waals surface area (Å²) in [5.74, 6) is -0.422. The van der Waals surface area contributed by atoms with Crippen LogP contribution < -0.4 is 10.2 Å². The summed E-state index contributed by atoms with van der Waals surface area (Å²) in [6, 6.07) is 11.9. The zero-order valence-electron chi connectivity index (χ0n) is 16.1. The van der Waals surface area contributed by atoms with Crippen molar-refractivity contribution in [2.45, 2.75) is 11.0 Å². The van der Waals surface area contributed by atoms with Gasteiger partial charge in [-0.1, -0.05) is 12.1 Å². The third-order valence-electron chi connectivity index (χ3n) is 4.76. The molecule has 1 aromatic heterocycles. The molecule has 1 unspecified atom stereocenters. The van der Waals surface area contributed by atoms with E-state index in [-0.39, 0.29) is 19.1 Å². The lowest BCUT2D eigenvalue weighted by molar-refractivity contribution is 0.140. The van der Waals surface area contributed by atoms with E-state index in [9.17, 15) is 14.0 Å². The SMILES string of the molecule is CSc1ccc(-c2ccc(N3CC(CNC(=O)n4ccnc4)OC3=O)cc2F)cc1. The van der Waals surface area contributed by atoms with Crippen LogP contribution in [0.15, 0.2) is 66.1 Å². The van der Waals surface area contributed by atoms with Gasteiger partial charge in [0.05, 0.1) is 18.8 Å². The summed E-state index contributed by atoms with van der Waals surface area (Å²) in [5.41, 5.74) is 1.63. The smallest absolute Gasteiger partial charge is 0.414 e. The van der Waals surface area contributed by atoms with E-state index in [1.807, 2.05) is 30.5 Å². The van der Waals surface area contributed by atoms with E-state index in [1.165, 1.54) is 34.3 Å². The third kappa shape index (κ3) is 4.16. The second-order valence-electron chi connectivity index (χ2n) is 6.67. The average Bonchev–Trinajstić information content (AvgIpc) is 3.42. The van der Waals surface area contributed by atoms with Gasteiger partial charge in [0.25, 0.3) is 0 Å². The third-order valence-corrected chi connectivity index (χ3v) is 5.50. The summed E-state index contributed by atoms with van der Waals surface area (Å²) in [4.78, 5) is 30.5. The Morgan fingerprint density at radius 2 is 2.10 bits per heavy atom. The van der Waals surface area contributed by atoms with Gasteiger partial charge in [0, 0.05) is 22.9 Å². The molecule has 30 heavy (non-hydrogen) atoms. The van der Waals surface area contributed by atoms with Crippen molar-refractivity contribution in [3.05, 3.63) is 67.0 Å². The fourth-order valence-electron chi connectivity index (χ4n) is 3.19. The number of ether oxygens (including phenoxy) is 1. The van der Waals surface area contributed by atoms with E-state index in [0.717, 1.165) is 10.5 Å². The van der Waals surface area contributed by atoms with Crippen molar-refractivity contribution in [2.24, 2.45) is 0 Å². The Hall–Kier alpha value is -3.33. The van der Waals surface area contributed by atoms with E-state index in [2.05, 4.69) is 10.3 Å². The number of cyclic esters (lactones) is 1. The molecule has 2 aromatic carbocycles. The molecular weight excluding hydrogens is 407 g/mol. The van der Waals surface area contributed by atoms with Gasteiger partial charge in [-0.3, -0.25) is 9.47 Å². The minimum Gasteiger partial charge on any atom is -0.442 e. The van der Waals surface area contributed by atoms with Gasteiger partial charge in [0.2, 0.25) is 0 Å². The number of hydrogen-bond acceptors (Lipinski definition) is 5. The number of hydrogen-bond donors (Lipinski definition) is 1. The maximum absolute atomic E-state index is 14.8. The van der Waals surface area contributed by atoms with Crippen LogP contribution in [0.3, 0.4) is 0 Å². The summed E-state index contributed by atoms with van der Waals surface area (Å²) in [7, 11) is 0. The Balaban J connectivity index is 1.42. The van der Waals surface area contributed by atoms with E-state index < -0.39 is 18.0 Å². The van der Waals surface area contributed by atoms with E-state index in [0.29, 0.717) is 11.3 Å². The quantitative estimate of drug-likeness (QED) is 0.624. The van der Waals surface area contributed by atoms with Crippen LogP contribution >= 0.6 is 11.8 Å². The molecule has 1 aliphatic rings. The van der Waals surface area contributed by atoms with Gasteiger partial charge >= 0.3 is 12.1 Å². The molecule has 0 saturated carbocycles. The molecule has 9 heteroatoms. The number of nitrogens with one attached hydrogen (secondary N) is 1. The first-order chi connectivity index (χ1) is 14.5. The van der Waals surface area contributed by atoms with Crippen LogP contribution in [0.5, 0.6) is 0 Å². The number of rotatable bonds is 5. The molecular formula is C21H19FN4O3S. The van der Waals surface area contributed by atoms with Crippen molar-refractivity contribution in [2.75, 3.05) is 24.2 Å². The summed E-state index contributed by atoms with van der Waals surface area (Å²) >= 11 is 1.62. The minimum absolute atomic E-state index is 0.140. The van der Waals surface area contributed by atoms with Crippen molar-refractivity contribution in [3.8, 4) is 11.1 Å². The zero-order valence-corrected chi connectivity index (χ0v) is 16.9. The molecule has 1 N–H and O–H groups in total. The minimum atomic E-state index is -0.576. The van der Waals surface area contributed by atoms with Crippen molar-refractivity contribution in [3.63, 3.8) is 0 Å². The molecule has 1 aliphatic heterocycles. The highest BCUT2D eigenvalue weighted by Crippen LogP contribution is 2.30. The van der Waals surface area contributed by atoms with Gasteiger partial charge in [-0.05, 0) is 42.2 Å². The van der Waals surface area contributed by atoms with E-state index >= 15 is 0 Å². The molecule has 1 atom stereocenters. The maximum atomic E-state index is 14.8. The van der Waals surface area contributed by atoms with Crippen molar-refractivity contribution in [1.82, 2.24) is 14.9 Å². The van der Waals surface area contributed by atoms with Gasteiger partial charge in [-0.15, -0.1) is 11.8 Å². The highest BCUT2D eigenvalue weighted by Gasteiger charge is 2.33. The fourth-order valence-corrected chi connectivity index (χ4v) is 3.60. The lowest BCUT2D eigenvalue weighted by Gasteiger charge is -2.15. The number of halogens is 1. The molecule has 4 rings (SSSR count). The number of aromatic nitrogens is 2. The first-order valence-corrected chi connectivity index (χ1v) is 10.5. The number of anilines is 1. The molecule has 0 radical (unpaired) electrons. The number of carbonyl (C=O) groups excluding carboxylic acids is 2. The molecule has 3 aromatic rings. The average molecular weight is 426 g/mol. The molecule has 0 spiro atoms. The van der Waals surface area contributed by atoms with Gasteiger partial charge in [-0.25, -0.2) is 19.0 Å². The van der Waals surface area contributed by atoms with Crippen LogP contribution in [0.25, 0.3) is 11.1 Å². The number of nitrogens with zero attached hydrogens (tertiary/aromatic N) is 3. The molecule has 1 fully saturated rings. The summed E-state index contributed by atoms with van der Waals surface area (Å²) in [5, 5.41) is 2.68. The van der Waals surface area contributed by atoms with Crippen molar-refractivity contribution < 1.29 is 18.7 Å². The van der Waals surface area contributed by atoms with E-state index in [1.54, 1.807) is 23.9 Å². The summed E-state index contributed by atoms with van der Waals surface area (Å²) in [6.07, 6.45) is 5.25. The molecule has 1 saturated heterocycles. The Morgan fingerprint density at radius 3 is 2.77 bits per heavy atom. The number of amides is 2. The molecule has 2 heterocycles. The Labute approximate surface area is 176 Å². The molecule has 154 valence electrons. The maximum Gasteiger partial charge on any atom is 0.414 e. The van der Waals surface area contributed by atoms with Gasteiger partial charge in [0.1, 0.15) is 18.2 Å².